The first-order valence-corrected chi connectivity index (χ1v) is 10.7. The van der Waals surface area contributed by atoms with E-state index in [1.807, 2.05) is 60.7 Å². The van der Waals surface area contributed by atoms with Gasteiger partial charge in [0.2, 0.25) is 0 Å². The highest BCUT2D eigenvalue weighted by Gasteiger charge is 2.36. The molecule has 0 N–H and O–H groups in total. The van der Waals surface area contributed by atoms with Crippen LogP contribution in [0.3, 0.4) is 0 Å². The summed E-state index contributed by atoms with van der Waals surface area (Å²) in [5, 5.41) is -0.421. The normalized spacial score (nSPS) is 15.6. The van der Waals surface area contributed by atoms with Gasteiger partial charge in [-0.15, -0.1) is 0 Å². The Labute approximate surface area is 189 Å². The van der Waals surface area contributed by atoms with E-state index in [1.54, 1.807) is 6.08 Å². The Morgan fingerprint density at radius 3 is 2.25 bits per heavy atom. The quantitative estimate of drug-likeness (QED) is 0.398. The number of methoxy groups -OCH3 is 1. The number of esters is 1. The molecule has 7 heteroatoms. The smallest absolute Gasteiger partial charge is 0.323 e. The van der Waals surface area contributed by atoms with Crippen molar-refractivity contribution in [2.75, 3.05) is 12.0 Å². The first-order chi connectivity index (χ1) is 15.6. The number of amides is 1. The predicted octanol–water partition coefficient (Wildman–Crippen LogP) is 5.22. The monoisotopic (exact) mass is 446 g/mol. The molecule has 0 fully saturated rings. The standard InChI is InChI=1S/C25H19FN2O3S/c1-31-24(30)22(18-10-6-3-7-11-18)32-25-27-21(16-17-8-4-2-5-9-17)23(29)28(25)20-14-12-19(26)13-15-20/h2-16,22H,1H3/b21-16-. The number of amidine groups is 1. The van der Waals surface area contributed by atoms with Crippen molar-refractivity contribution in [3.63, 3.8) is 0 Å². The molecule has 3 aromatic carbocycles. The van der Waals surface area contributed by atoms with Gasteiger partial charge >= 0.3 is 5.97 Å². The molecule has 0 saturated carbocycles. The molecule has 1 aliphatic rings. The van der Waals surface area contributed by atoms with Gasteiger partial charge in [0.1, 0.15) is 16.8 Å². The fourth-order valence-corrected chi connectivity index (χ4v) is 4.33. The highest BCUT2D eigenvalue weighted by atomic mass is 32.2. The van der Waals surface area contributed by atoms with Crippen molar-refractivity contribution in [2.24, 2.45) is 4.99 Å². The Balaban J connectivity index is 1.76. The van der Waals surface area contributed by atoms with Crippen LogP contribution < -0.4 is 4.90 Å². The molecule has 0 spiro atoms. The first-order valence-electron chi connectivity index (χ1n) is 9.81. The number of hydrogen-bond acceptors (Lipinski definition) is 5. The Morgan fingerprint density at radius 1 is 1.00 bits per heavy atom. The second kappa shape index (κ2) is 9.62. The molecule has 1 atom stereocenters. The van der Waals surface area contributed by atoms with Gasteiger partial charge in [0.15, 0.2) is 5.17 Å². The van der Waals surface area contributed by atoms with Crippen molar-refractivity contribution in [3.05, 3.63) is 108 Å². The summed E-state index contributed by atoms with van der Waals surface area (Å²) in [7, 11) is 1.32. The van der Waals surface area contributed by atoms with Gasteiger partial charge in [0.25, 0.3) is 5.91 Å². The number of benzene rings is 3. The maximum Gasteiger partial charge on any atom is 0.323 e. The zero-order valence-corrected chi connectivity index (χ0v) is 18.0. The Hall–Kier alpha value is -3.71. The molecule has 0 aromatic heterocycles. The van der Waals surface area contributed by atoms with Gasteiger partial charge in [-0.2, -0.15) is 0 Å². The van der Waals surface area contributed by atoms with Gasteiger partial charge in [-0.05, 0) is 41.5 Å². The molecule has 0 aliphatic carbocycles. The molecule has 1 heterocycles. The van der Waals surface area contributed by atoms with Gasteiger partial charge < -0.3 is 4.74 Å². The third-order valence-corrected chi connectivity index (χ3v) is 5.94. The van der Waals surface area contributed by atoms with E-state index in [0.29, 0.717) is 10.9 Å². The number of anilines is 1. The van der Waals surface area contributed by atoms with E-state index in [2.05, 4.69) is 4.99 Å². The van der Waals surface area contributed by atoms with Crippen molar-refractivity contribution in [1.82, 2.24) is 0 Å². The van der Waals surface area contributed by atoms with Gasteiger partial charge in [-0.1, -0.05) is 72.4 Å². The topological polar surface area (TPSA) is 59.0 Å². The van der Waals surface area contributed by atoms with E-state index in [-0.39, 0.29) is 11.6 Å². The minimum atomic E-state index is -0.730. The van der Waals surface area contributed by atoms with E-state index in [0.717, 1.165) is 22.9 Å². The number of rotatable bonds is 5. The summed E-state index contributed by atoms with van der Waals surface area (Å²) in [5.41, 5.74) is 2.21. The number of carbonyl (C=O) groups is 2. The summed E-state index contributed by atoms with van der Waals surface area (Å²) in [6, 6.07) is 24.0. The minimum absolute atomic E-state index is 0.222. The molecule has 3 aromatic rings. The number of nitrogens with zero attached hydrogens (tertiary/aromatic N) is 2. The number of thioether (sulfide) groups is 1. The van der Waals surface area contributed by atoms with Crippen LogP contribution in [-0.4, -0.2) is 24.2 Å². The summed E-state index contributed by atoms with van der Waals surface area (Å²) in [6.45, 7) is 0. The van der Waals surface area contributed by atoms with Crippen molar-refractivity contribution in [2.45, 2.75) is 5.25 Å². The maximum atomic E-state index is 13.5. The van der Waals surface area contributed by atoms with E-state index < -0.39 is 17.0 Å². The van der Waals surface area contributed by atoms with E-state index in [9.17, 15) is 14.0 Å². The van der Waals surface area contributed by atoms with Crippen molar-refractivity contribution in [3.8, 4) is 0 Å². The molecule has 4 rings (SSSR count). The summed E-state index contributed by atoms with van der Waals surface area (Å²) in [5.74, 6) is -1.24. The van der Waals surface area contributed by atoms with Crippen molar-refractivity contribution < 1.29 is 18.7 Å². The molecular weight excluding hydrogens is 427 g/mol. The highest BCUT2D eigenvalue weighted by Crippen LogP contribution is 2.37. The van der Waals surface area contributed by atoms with E-state index in [4.69, 9.17) is 4.74 Å². The molecule has 160 valence electrons. The molecule has 1 unspecified atom stereocenters. The summed E-state index contributed by atoms with van der Waals surface area (Å²) >= 11 is 1.11. The maximum absolute atomic E-state index is 13.5. The summed E-state index contributed by atoms with van der Waals surface area (Å²) in [6.07, 6.45) is 1.68. The van der Waals surface area contributed by atoms with Crippen LogP contribution in [0.4, 0.5) is 10.1 Å². The average molecular weight is 447 g/mol. The van der Waals surface area contributed by atoms with E-state index in [1.165, 1.54) is 36.3 Å². The lowest BCUT2D eigenvalue weighted by Crippen LogP contribution is -2.31. The Kier molecular flexibility index (Phi) is 6.47. The lowest BCUT2D eigenvalue weighted by atomic mass is 10.1. The highest BCUT2D eigenvalue weighted by molar-refractivity contribution is 8.15. The minimum Gasteiger partial charge on any atom is -0.468 e. The largest absolute Gasteiger partial charge is 0.468 e. The van der Waals surface area contributed by atoms with Gasteiger partial charge in [0.05, 0.1) is 12.8 Å². The van der Waals surface area contributed by atoms with Crippen LogP contribution in [0, 0.1) is 5.82 Å². The van der Waals surface area contributed by atoms with Gasteiger partial charge in [-0.25, -0.2) is 9.38 Å². The van der Waals surface area contributed by atoms with Crippen LogP contribution in [-0.2, 0) is 14.3 Å². The Bertz CT molecular complexity index is 1180. The number of halogens is 1. The third-order valence-electron chi connectivity index (χ3n) is 4.76. The molecule has 0 bridgehead atoms. The average Bonchev–Trinajstić information content (AvgIpc) is 3.13. The molecule has 0 radical (unpaired) electrons. The van der Waals surface area contributed by atoms with Crippen molar-refractivity contribution in [1.29, 1.82) is 0 Å². The molecule has 0 saturated heterocycles. The van der Waals surface area contributed by atoms with E-state index >= 15 is 0 Å². The predicted molar refractivity (Wildman–Crippen MR) is 125 cm³/mol. The fourth-order valence-electron chi connectivity index (χ4n) is 3.19. The summed E-state index contributed by atoms with van der Waals surface area (Å²) < 4.78 is 18.5. The number of ether oxygens (including phenoxy) is 1. The molecule has 5 nitrogen and oxygen atoms in total. The number of hydrogen-bond donors (Lipinski definition) is 0. The second-order valence-corrected chi connectivity index (χ2v) is 7.96. The molecular formula is C25H19FN2O3S. The lowest BCUT2D eigenvalue weighted by molar-refractivity contribution is -0.140. The van der Waals surface area contributed by atoms with Crippen LogP contribution >= 0.6 is 11.8 Å². The molecule has 32 heavy (non-hydrogen) atoms. The second-order valence-electron chi connectivity index (χ2n) is 6.88. The van der Waals surface area contributed by atoms with Crippen LogP contribution in [0.2, 0.25) is 0 Å². The Morgan fingerprint density at radius 2 is 1.62 bits per heavy atom. The summed E-state index contributed by atoms with van der Waals surface area (Å²) in [4.78, 5) is 31.8. The van der Waals surface area contributed by atoms with Gasteiger partial charge in [0, 0.05) is 0 Å². The number of carbonyl (C=O) groups excluding carboxylic acids is 2. The SMILES string of the molecule is COC(=O)C(SC1=N/C(=C\c2ccccc2)C(=O)N1c1ccc(F)cc1)c1ccccc1. The van der Waals surface area contributed by atoms with Crippen LogP contribution in [0.15, 0.2) is 95.6 Å². The number of aliphatic imine (C=N–C) groups is 1. The molecule has 1 aliphatic heterocycles. The first kappa shape index (κ1) is 21.5. The van der Waals surface area contributed by atoms with Crippen LogP contribution in [0.1, 0.15) is 16.4 Å². The van der Waals surface area contributed by atoms with Gasteiger partial charge in [-0.3, -0.25) is 14.5 Å². The zero-order valence-electron chi connectivity index (χ0n) is 17.1. The third kappa shape index (κ3) is 4.63. The van der Waals surface area contributed by atoms with Crippen molar-refractivity contribution >= 4 is 40.6 Å². The fraction of sp³-hybridized carbons (Fsp3) is 0.0800. The van der Waals surface area contributed by atoms with Crippen LogP contribution in [0.25, 0.3) is 6.08 Å². The van der Waals surface area contributed by atoms with Crippen LogP contribution in [0.5, 0.6) is 0 Å². The lowest BCUT2D eigenvalue weighted by Gasteiger charge is -2.21. The zero-order chi connectivity index (χ0) is 22.5. The molecule has 1 amide bonds.